The SMILES string of the molecule is O=[N+]([O-])c1ccccc1SNC(NC(=S)Nc1ccccc1)C(Cl)(Cl)Cl. The summed E-state index contributed by atoms with van der Waals surface area (Å²) in [4.78, 5) is 11.0. The molecule has 2 aromatic rings. The van der Waals surface area contributed by atoms with E-state index in [1.807, 2.05) is 30.3 Å². The Kier molecular flexibility index (Phi) is 7.75. The summed E-state index contributed by atoms with van der Waals surface area (Å²) in [6, 6.07) is 15.5. The first kappa shape index (κ1) is 21.0. The number of para-hydroxylation sites is 2. The van der Waals surface area contributed by atoms with Gasteiger partial charge in [0, 0.05) is 11.8 Å². The second-order valence-electron chi connectivity index (χ2n) is 4.88. The molecule has 0 saturated carbocycles. The molecule has 0 aliphatic rings. The Morgan fingerprint density at radius 2 is 1.73 bits per heavy atom. The number of rotatable bonds is 6. The molecule has 2 rings (SSSR count). The fourth-order valence-corrected chi connectivity index (χ4v) is 3.45. The topological polar surface area (TPSA) is 79.2 Å². The Morgan fingerprint density at radius 1 is 1.12 bits per heavy atom. The lowest BCUT2D eigenvalue weighted by Gasteiger charge is -2.27. The molecule has 0 aliphatic heterocycles. The standard InChI is InChI=1S/C15H13Cl3N4O2S2/c16-15(17,18)13(20-14(25)19-10-6-2-1-3-7-10)21-26-12-9-5-4-8-11(12)22(23)24/h1-9,13,21H,(H2,19,20,25). The van der Waals surface area contributed by atoms with Crippen LogP contribution in [0.15, 0.2) is 59.5 Å². The molecule has 0 spiro atoms. The summed E-state index contributed by atoms with van der Waals surface area (Å²) in [5.41, 5.74) is 0.706. The summed E-state index contributed by atoms with van der Waals surface area (Å²) in [5, 5.41) is 17.1. The molecule has 0 fully saturated rings. The molecule has 6 nitrogen and oxygen atoms in total. The van der Waals surface area contributed by atoms with Gasteiger partial charge < -0.3 is 10.6 Å². The molecular formula is C15H13Cl3N4O2S2. The summed E-state index contributed by atoms with van der Waals surface area (Å²) >= 11 is 24.1. The predicted molar refractivity (Wildman–Crippen MR) is 112 cm³/mol. The van der Waals surface area contributed by atoms with E-state index >= 15 is 0 Å². The molecule has 1 atom stereocenters. The number of nitrogens with one attached hydrogen (secondary N) is 3. The number of halogens is 3. The molecule has 0 heterocycles. The van der Waals surface area contributed by atoms with E-state index in [1.54, 1.807) is 18.2 Å². The van der Waals surface area contributed by atoms with Crippen molar-refractivity contribution in [3.8, 4) is 0 Å². The Bertz CT molecular complexity index is 775. The van der Waals surface area contributed by atoms with Crippen LogP contribution < -0.4 is 15.4 Å². The normalized spacial score (nSPS) is 12.3. The highest BCUT2D eigenvalue weighted by Crippen LogP contribution is 2.33. The van der Waals surface area contributed by atoms with E-state index in [4.69, 9.17) is 47.0 Å². The van der Waals surface area contributed by atoms with Gasteiger partial charge in [-0.05, 0) is 42.4 Å². The summed E-state index contributed by atoms with van der Waals surface area (Å²) in [6.07, 6.45) is -0.916. The largest absolute Gasteiger partial charge is 0.343 e. The maximum absolute atomic E-state index is 11.1. The Hall–Kier alpha value is -1.29. The van der Waals surface area contributed by atoms with Crippen molar-refractivity contribution in [2.45, 2.75) is 14.9 Å². The number of benzene rings is 2. The van der Waals surface area contributed by atoms with Crippen LogP contribution in [0.3, 0.4) is 0 Å². The first-order chi connectivity index (χ1) is 12.3. The number of nitro groups is 1. The fraction of sp³-hybridized carbons (Fsp3) is 0.133. The third-order valence-electron chi connectivity index (χ3n) is 2.98. The highest BCUT2D eigenvalue weighted by atomic mass is 35.6. The van der Waals surface area contributed by atoms with Gasteiger partial charge in [-0.3, -0.25) is 10.1 Å². The lowest BCUT2D eigenvalue weighted by Crippen LogP contribution is -2.52. The average molecular weight is 452 g/mol. The maximum Gasteiger partial charge on any atom is 0.284 e. The minimum Gasteiger partial charge on any atom is -0.343 e. The molecule has 0 amide bonds. The van der Waals surface area contributed by atoms with E-state index in [0.29, 0.717) is 4.90 Å². The number of nitrogens with zero attached hydrogens (tertiary/aromatic N) is 1. The Morgan fingerprint density at radius 3 is 2.35 bits per heavy atom. The molecule has 26 heavy (non-hydrogen) atoms. The fourth-order valence-electron chi connectivity index (χ4n) is 1.81. The Labute approximate surface area is 174 Å². The van der Waals surface area contributed by atoms with Gasteiger partial charge in [-0.2, -0.15) is 0 Å². The van der Waals surface area contributed by atoms with Crippen LogP contribution in [0.1, 0.15) is 0 Å². The zero-order chi connectivity index (χ0) is 19.2. The molecule has 0 aliphatic carbocycles. The van der Waals surface area contributed by atoms with Crippen LogP contribution in [0.2, 0.25) is 0 Å². The number of nitro benzene ring substituents is 1. The van der Waals surface area contributed by atoms with Crippen molar-refractivity contribution >= 4 is 75.5 Å². The van der Waals surface area contributed by atoms with Gasteiger partial charge in [0.25, 0.3) is 5.69 Å². The molecule has 0 aromatic heterocycles. The third kappa shape index (κ3) is 6.46. The van der Waals surface area contributed by atoms with Crippen LogP contribution in [0.4, 0.5) is 11.4 Å². The van der Waals surface area contributed by atoms with Gasteiger partial charge in [0.15, 0.2) is 5.11 Å². The van der Waals surface area contributed by atoms with Crippen LogP contribution in [0.25, 0.3) is 0 Å². The first-order valence-corrected chi connectivity index (χ1v) is 9.48. The zero-order valence-corrected chi connectivity index (χ0v) is 16.9. The summed E-state index contributed by atoms with van der Waals surface area (Å²) < 4.78 is 1.10. The minimum atomic E-state index is -1.76. The van der Waals surface area contributed by atoms with Crippen molar-refractivity contribution in [1.29, 1.82) is 0 Å². The second kappa shape index (κ2) is 9.59. The van der Waals surface area contributed by atoms with Crippen molar-refractivity contribution in [1.82, 2.24) is 10.0 Å². The first-order valence-electron chi connectivity index (χ1n) is 7.12. The Balaban J connectivity index is 2.04. The van der Waals surface area contributed by atoms with Gasteiger partial charge in [-0.25, -0.2) is 4.72 Å². The van der Waals surface area contributed by atoms with Crippen LogP contribution in [-0.4, -0.2) is 20.0 Å². The molecule has 0 bridgehead atoms. The van der Waals surface area contributed by atoms with E-state index in [1.165, 1.54) is 6.07 Å². The van der Waals surface area contributed by atoms with Gasteiger partial charge in [0.05, 0.1) is 4.92 Å². The summed E-state index contributed by atoms with van der Waals surface area (Å²) in [5.74, 6) is 0. The van der Waals surface area contributed by atoms with Crippen molar-refractivity contribution in [2.75, 3.05) is 5.32 Å². The van der Waals surface area contributed by atoms with Crippen molar-refractivity contribution in [2.24, 2.45) is 0 Å². The van der Waals surface area contributed by atoms with Crippen LogP contribution in [0.5, 0.6) is 0 Å². The van der Waals surface area contributed by atoms with E-state index in [0.717, 1.165) is 17.6 Å². The number of thiocarbonyl (C=S) groups is 1. The molecular weight excluding hydrogens is 439 g/mol. The van der Waals surface area contributed by atoms with E-state index in [-0.39, 0.29) is 10.8 Å². The molecule has 0 saturated heterocycles. The van der Waals surface area contributed by atoms with Gasteiger partial charge in [-0.1, -0.05) is 65.1 Å². The smallest absolute Gasteiger partial charge is 0.284 e. The van der Waals surface area contributed by atoms with E-state index < -0.39 is 14.9 Å². The molecule has 138 valence electrons. The van der Waals surface area contributed by atoms with Crippen molar-refractivity contribution in [3.05, 3.63) is 64.7 Å². The van der Waals surface area contributed by atoms with Gasteiger partial charge in [0.2, 0.25) is 3.79 Å². The van der Waals surface area contributed by atoms with Crippen LogP contribution >= 0.6 is 59.0 Å². The van der Waals surface area contributed by atoms with Crippen molar-refractivity contribution in [3.63, 3.8) is 0 Å². The quantitative estimate of drug-likeness (QED) is 0.144. The lowest BCUT2D eigenvalue weighted by atomic mass is 10.3. The van der Waals surface area contributed by atoms with Crippen LogP contribution in [-0.2, 0) is 0 Å². The van der Waals surface area contributed by atoms with Crippen LogP contribution in [0, 0.1) is 10.1 Å². The lowest BCUT2D eigenvalue weighted by molar-refractivity contribution is -0.387. The predicted octanol–water partition coefficient (Wildman–Crippen LogP) is 4.87. The summed E-state index contributed by atoms with van der Waals surface area (Å²) in [7, 11) is 0. The van der Waals surface area contributed by atoms with Crippen molar-refractivity contribution < 1.29 is 4.92 Å². The molecule has 2 aromatic carbocycles. The zero-order valence-electron chi connectivity index (χ0n) is 13.0. The third-order valence-corrected chi connectivity index (χ3v) is 4.78. The van der Waals surface area contributed by atoms with Gasteiger partial charge >= 0.3 is 0 Å². The van der Waals surface area contributed by atoms with Gasteiger partial charge in [-0.15, -0.1) is 0 Å². The summed E-state index contributed by atoms with van der Waals surface area (Å²) in [6.45, 7) is 0. The number of hydrogen-bond donors (Lipinski definition) is 3. The van der Waals surface area contributed by atoms with E-state index in [2.05, 4.69) is 15.4 Å². The molecule has 1 unspecified atom stereocenters. The molecule has 3 N–H and O–H groups in total. The second-order valence-corrected chi connectivity index (χ2v) is 8.54. The van der Waals surface area contributed by atoms with Gasteiger partial charge in [0.1, 0.15) is 11.1 Å². The van der Waals surface area contributed by atoms with E-state index in [9.17, 15) is 10.1 Å². The monoisotopic (exact) mass is 450 g/mol. The number of anilines is 1. The highest BCUT2D eigenvalue weighted by Gasteiger charge is 2.34. The number of alkyl halides is 3. The number of hydrogen-bond acceptors (Lipinski definition) is 5. The highest BCUT2D eigenvalue weighted by molar-refractivity contribution is 7.97. The maximum atomic E-state index is 11.1. The average Bonchev–Trinajstić information content (AvgIpc) is 2.58. The molecule has 11 heteroatoms. The molecule has 0 radical (unpaired) electrons. The minimum absolute atomic E-state index is 0.0574.